The summed E-state index contributed by atoms with van der Waals surface area (Å²) in [6.45, 7) is 3.60. The normalized spacial score (nSPS) is 21.5. The summed E-state index contributed by atoms with van der Waals surface area (Å²) in [4.78, 5) is 2.60. The van der Waals surface area contributed by atoms with Crippen LogP contribution in [0.4, 0.5) is 5.69 Å². The molecule has 1 saturated carbocycles. The quantitative estimate of drug-likeness (QED) is 0.769. The van der Waals surface area contributed by atoms with Gasteiger partial charge in [-0.1, -0.05) is 18.6 Å². The van der Waals surface area contributed by atoms with Crippen LogP contribution in [0, 0.1) is 5.92 Å². The van der Waals surface area contributed by atoms with E-state index >= 15 is 0 Å². The molecule has 2 nitrogen and oxygen atoms in total. The van der Waals surface area contributed by atoms with Crippen molar-refractivity contribution in [3.05, 3.63) is 29.3 Å². The van der Waals surface area contributed by atoms with Gasteiger partial charge in [0.25, 0.3) is 0 Å². The highest BCUT2D eigenvalue weighted by atomic mass is 15.1. The second-order valence-corrected chi connectivity index (χ2v) is 5.27. The lowest BCUT2D eigenvalue weighted by atomic mass is 9.84. The fourth-order valence-corrected chi connectivity index (χ4v) is 2.89. The maximum Gasteiger partial charge on any atom is 0.0350 e. The molecule has 0 atom stereocenters. The van der Waals surface area contributed by atoms with Crippen molar-refractivity contribution in [2.24, 2.45) is 5.92 Å². The van der Waals surface area contributed by atoms with Gasteiger partial charge in [-0.3, -0.25) is 4.90 Å². The molecule has 2 aliphatic rings. The van der Waals surface area contributed by atoms with E-state index in [1.54, 1.807) is 0 Å². The molecule has 1 aliphatic heterocycles. The topological polar surface area (TPSA) is 29.3 Å². The van der Waals surface area contributed by atoms with Crippen molar-refractivity contribution in [1.82, 2.24) is 4.90 Å². The van der Waals surface area contributed by atoms with Gasteiger partial charge in [0.1, 0.15) is 0 Å². The van der Waals surface area contributed by atoms with Gasteiger partial charge in [-0.2, -0.15) is 0 Å². The number of nitrogens with zero attached hydrogens (tertiary/aromatic N) is 1. The van der Waals surface area contributed by atoms with Gasteiger partial charge in [0.05, 0.1) is 0 Å². The number of hydrogen-bond acceptors (Lipinski definition) is 2. The van der Waals surface area contributed by atoms with Crippen molar-refractivity contribution < 1.29 is 0 Å². The zero-order chi connectivity index (χ0) is 11.0. The van der Waals surface area contributed by atoms with Gasteiger partial charge in [-0.15, -0.1) is 0 Å². The number of benzene rings is 1. The first kappa shape index (κ1) is 10.2. The third-order valence-corrected chi connectivity index (χ3v) is 4.12. The molecule has 0 bridgehead atoms. The van der Waals surface area contributed by atoms with Crippen LogP contribution in [0.25, 0.3) is 0 Å². The van der Waals surface area contributed by atoms with E-state index in [0.29, 0.717) is 0 Å². The second kappa shape index (κ2) is 4.10. The lowest BCUT2D eigenvalue weighted by Gasteiger charge is -2.35. The van der Waals surface area contributed by atoms with Gasteiger partial charge in [0.2, 0.25) is 0 Å². The van der Waals surface area contributed by atoms with E-state index in [1.807, 2.05) is 6.07 Å². The summed E-state index contributed by atoms with van der Waals surface area (Å²) in [5.74, 6) is 0.975. The van der Waals surface area contributed by atoms with E-state index in [2.05, 4.69) is 17.0 Å². The minimum atomic E-state index is 0.975. The van der Waals surface area contributed by atoms with Crippen molar-refractivity contribution >= 4 is 5.69 Å². The van der Waals surface area contributed by atoms with Gasteiger partial charge in [0, 0.05) is 25.3 Å². The fourth-order valence-electron chi connectivity index (χ4n) is 2.89. The average molecular weight is 216 g/mol. The second-order valence-electron chi connectivity index (χ2n) is 5.27. The van der Waals surface area contributed by atoms with Crippen molar-refractivity contribution in [3.8, 4) is 0 Å². The van der Waals surface area contributed by atoms with Crippen molar-refractivity contribution in [2.45, 2.75) is 32.2 Å². The number of anilines is 1. The zero-order valence-corrected chi connectivity index (χ0v) is 9.78. The number of fused-ring (bicyclic) bond motifs is 1. The van der Waals surface area contributed by atoms with Crippen LogP contribution >= 0.6 is 0 Å². The van der Waals surface area contributed by atoms with Gasteiger partial charge >= 0.3 is 0 Å². The van der Waals surface area contributed by atoms with E-state index in [4.69, 9.17) is 5.73 Å². The lowest BCUT2D eigenvalue weighted by Crippen LogP contribution is -2.36. The van der Waals surface area contributed by atoms with Crippen LogP contribution in [-0.2, 0) is 13.0 Å². The van der Waals surface area contributed by atoms with E-state index in [0.717, 1.165) is 24.6 Å². The Morgan fingerprint density at radius 2 is 2.19 bits per heavy atom. The molecule has 0 spiro atoms. The third-order valence-electron chi connectivity index (χ3n) is 4.12. The monoisotopic (exact) mass is 216 g/mol. The van der Waals surface area contributed by atoms with Gasteiger partial charge in [0.15, 0.2) is 0 Å². The minimum absolute atomic E-state index is 0.975. The lowest BCUT2D eigenvalue weighted by molar-refractivity contribution is 0.166. The van der Waals surface area contributed by atoms with Crippen LogP contribution in [0.15, 0.2) is 18.2 Å². The molecule has 0 amide bonds. The van der Waals surface area contributed by atoms with E-state index in [1.165, 1.54) is 43.5 Å². The number of nitrogen functional groups attached to an aromatic ring is 1. The SMILES string of the molecule is Nc1cccc2c1CCN(CC1CCC1)C2. The molecular formula is C14H20N2. The van der Waals surface area contributed by atoms with Crippen LogP contribution < -0.4 is 5.73 Å². The highest BCUT2D eigenvalue weighted by molar-refractivity contribution is 5.51. The molecule has 1 aromatic rings. The molecular weight excluding hydrogens is 196 g/mol. The fraction of sp³-hybridized carbons (Fsp3) is 0.571. The molecule has 16 heavy (non-hydrogen) atoms. The summed E-state index contributed by atoms with van der Waals surface area (Å²) in [6, 6.07) is 6.35. The molecule has 1 aromatic carbocycles. The van der Waals surface area contributed by atoms with Crippen LogP contribution in [0.3, 0.4) is 0 Å². The summed E-state index contributed by atoms with van der Waals surface area (Å²) in [7, 11) is 0. The first-order chi connectivity index (χ1) is 7.83. The number of nitrogens with two attached hydrogens (primary N) is 1. The molecule has 2 heteroatoms. The predicted molar refractivity (Wildman–Crippen MR) is 67.2 cm³/mol. The van der Waals surface area contributed by atoms with Gasteiger partial charge < -0.3 is 5.73 Å². The first-order valence-corrected chi connectivity index (χ1v) is 6.41. The highest BCUT2D eigenvalue weighted by Crippen LogP contribution is 2.30. The van der Waals surface area contributed by atoms with E-state index in [-0.39, 0.29) is 0 Å². The molecule has 3 rings (SSSR count). The van der Waals surface area contributed by atoms with Crippen LogP contribution in [0.2, 0.25) is 0 Å². The van der Waals surface area contributed by atoms with Crippen molar-refractivity contribution in [1.29, 1.82) is 0 Å². The maximum atomic E-state index is 6.01. The van der Waals surface area contributed by atoms with Crippen molar-refractivity contribution in [3.63, 3.8) is 0 Å². The largest absolute Gasteiger partial charge is 0.398 e. The maximum absolute atomic E-state index is 6.01. The third kappa shape index (κ3) is 1.82. The summed E-state index contributed by atoms with van der Waals surface area (Å²) in [6.07, 6.45) is 5.47. The summed E-state index contributed by atoms with van der Waals surface area (Å²) in [5.41, 5.74) is 9.84. The number of rotatable bonds is 2. The Morgan fingerprint density at radius 1 is 1.31 bits per heavy atom. The predicted octanol–water partition coefficient (Wildman–Crippen LogP) is 2.43. The molecule has 0 radical (unpaired) electrons. The van der Waals surface area contributed by atoms with Crippen LogP contribution in [0.5, 0.6) is 0 Å². The molecule has 1 aliphatic carbocycles. The first-order valence-electron chi connectivity index (χ1n) is 6.41. The summed E-state index contributed by atoms with van der Waals surface area (Å²) >= 11 is 0. The molecule has 1 fully saturated rings. The Morgan fingerprint density at radius 3 is 2.94 bits per heavy atom. The molecule has 1 heterocycles. The molecule has 0 aromatic heterocycles. The Kier molecular flexibility index (Phi) is 2.60. The van der Waals surface area contributed by atoms with E-state index < -0.39 is 0 Å². The Bertz CT molecular complexity index is 382. The Hall–Kier alpha value is -1.02. The number of hydrogen-bond donors (Lipinski definition) is 1. The Balaban J connectivity index is 1.70. The summed E-state index contributed by atoms with van der Waals surface area (Å²) in [5, 5.41) is 0. The van der Waals surface area contributed by atoms with Gasteiger partial charge in [-0.05, 0) is 42.4 Å². The standard InChI is InChI=1S/C14H20N2/c15-14-6-2-5-12-10-16(8-7-13(12)14)9-11-3-1-4-11/h2,5-6,11H,1,3-4,7-10,15H2. The molecule has 0 unspecified atom stereocenters. The Labute approximate surface area is 97.4 Å². The van der Waals surface area contributed by atoms with Crippen molar-refractivity contribution in [2.75, 3.05) is 18.8 Å². The molecule has 0 saturated heterocycles. The smallest absolute Gasteiger partial charge is 0.0350 e. The highest BCUT2D eigenvalue weighted by Gasteiger charge is 2.23. The minimum Gasteiger partial charge on any atom is -0.398 e. The molecule has 86 valence electrons. The van der Waals surface area contributed by atoms with Crippen LogP contribution in [0.1, 0.15) is 30.4 Å². The molecule has 2 N–H and O–H groups in total. The van der Waals surface area contributed by atoms with Crippen LogP contribution in [-0.4, -0.2) is 18.0 Å². The van der Waals surface area contributed by atoms with Gasteiger partial charge in [-0.25, -0.2) is 0 Å². The average Bonchev–Trinajstić information content (AvgIpc) is 2.24. The van der Waals surface area contributed by atoms with E-state index in [9.17, 15) is 0 Å². The zero-order valence-electron chi connectivity index (χ0n) is 9.78. The summed E-state index contributed by atoms with van der Waals surface area (Å²) < 4.78 is 0.